The molecule has 0 aromatic carbocycles. The molecule has 138 valence electrons. The summed E-state index contributed by atoms with van der Waals surface area (Å²) < 4.78 is 5.51. The summed E-state index contributed by atoms with van der Waals surface area (Å²) in [7, 11) is 0. The van der Waals surface area contributed by atoms with E-state index in [9.17, 15) is 10.0 Å². The first kappa shape index (κ1) is 17.1. The molecule has 0 aromatic rings. The van der Waals surface area contributed by atoms with E-state index in [1.165, 1.54) is 25.3 Å². The van der Waals surface area contributed by atoms with Crippen LogP contribution in [0.4, 0.5) is 0 Å². The van der Waals surface area contributed by atoms with E-state index in [1.807, 2.05) is 0 Å². The average molecular weight is 345 g/mol. The second kappa shape index (κ2) is 5.85. The lowest BCUT2D eigenvalue weighted by atomic mass is 9.48. The van der Waals surface area contributed by atoms with Crippen molar-refractivity contribution in [3.05, 3.63) is 11.6 Å². The second-order valence-electron chi connectivity index (χ2n) is 9.28. The van der Waals surface area contributed by atoms with Gasteiger partial charge in [-0.3, -0.25) is 4.79 Å². The molecule has 0 aliphatic heterocycles. The van der Waals surface area contributed by atoms with Crippen molar-refractivity contribution in [2.75, 3.05) is 0 Å². The fourth-order valence-corrected chi connectivity index (χ4v) is 6.92. The lowest BCUT2D eigenvalue weighted by Gasteiger charge is -2.57. The van der Waals surface area contributed by atoms with E-state index in [2.05, 4.69) is 25.1 Å². The molecule has 0 heterocycles. The molecule has 0 radical (unpaired) electrons. The molecule has 4 aliphatic carbocycles. The number of hydrogen-bond donors (Lipinski definition) is 1. The topological polar surface area (TPSA) is 58.9 Å². The van der Waals surface area contributed by atoms with Gasteiger partial charge in [0.05, 0.1) is 5.71 Å². The number of esters is 1. The zero-order valence-electron chi connectivity index (χ0n) is 15.8. The fourth-order valence-electron chi connectivity index (χ4n) is 6.92. The molecule has 4 rings (SSSR count). The monoisotopic (exact) mass is 345 g/mol. The van der Waals surface area contributed by atoms with Crippen LogP contribution in [0.2, 0.25) is 0 Å². The maximum absolute atomic E-state index is 11.3. The minimum absolute atomic E-state index is 0.0711. The highest BCUT2D eigenvalue weighted by molar-refractivity contribution is 5.92. The van der Waals surface area contributed by atoms with Gasteiger partial charge in [0, 0.05) is 18.8 Å². The first-order valence-electron chi connectivity index (χ1n) is 9.96. The van der Waals surface area contributed by atoms with Crippen LogP contribution >= 0.6 is 0 Å². The highest BCUT2D eigenvalue weighted by Crippen LogP contribution is 2.64. The van der Waals surface area contributed by atoms with E-state index in [1.54, 1.807) is 0 Å². The van der Waals surface area contributed by atoms with Gasteiger partial charge in [-0.2, -0.15) is 0 Å². The molecule has 0 bridgehead atoms. The highest BCUT2D eigenvalue weighted by Gasteiger charge is 2.58. The van der Waals surface area contributed by atoms with Gasteiger partial charge in [-0.1, -0.05) is 30.7 Å². The molecule has 3 fully saturated rings. The summed E-state index contributed by atoms with van der Waals surface area (Å²) >= 11 is 0. The van der Waals surface area contributed by atoms with E-state index in [4.69, 9.17) is 4.74 Å². The molecule has 0 saturated heterocycles. The van der Waals surface area contributed by atoms with Crippen LogP contribution in [0.15, 0.2) is 16.8 Å². The third-order valence-corrected chi connectivity index (χ3v) is 8.25. The Morgan fingerprint density at radius 2 is 1.92 bits per heavy atom. The van der Waals surface area contributed by atoms with Crippen molar-refractivity contribution in [3.63, 3.8) is 0 Å². The lowest BCUT2D eigenvalue weighted by Crippen LogP contribution is -2.50. The Bertz CT molecular complexity index is 639. The zero-order chi connectivity index (χ0) is 17.8. The molecule has 0 aromatic heterocycles. The van der Waals surface area contributed by atoms with Crippen molar-refractivity contribution >= 4 is 11.7 Å². The maximum Gasteiger partial charge on any atom is 0.302 e. The Morgan fingerprint density at radius 1 is 1.20 bits per heavy atom. The number of allylic oxidation sites excluding steroid dienone is 1. The van der Waals surface area contributed by atoms with Crippen LogP contribution in [-0.2, 0) is 9.53 Å². The van der Waals surface area contributed by atoms with Gasteiger partial charge in [0.15, 0.2) is 0 Å². The van der Waals surface area contributed by atoms with Gasteiger partial charge in [-0.05, 0) is 68.1 Å². The summed E-state index contributed by atoms with van der Waals surface area (Å²) in [5, 5.41) is 13.1. The number of carbonyl (C=O) groups excluding carboxylic acids is 1. The third kappa shape index (κ3) is 2.47. The summed E-state index contributed by atoms with van der Waals surface area (Å²) in [6.07, 6.45) is 11.2. The Balaban J connectivity index is 1.60. The van der Waals surface area contributed by atoms with E-state index in [0.717, 1.165) is 50.2 Å². The van der Waals surface area contributed by atoms with Gasteiger partial charge in [0.1, 0.15) is 6.10 Å². The number of rotatable bonds is 1. The third-order valence-electron chi connectivity index (χ3n) is 8.25. The van der Waals surface area contributed by atoms with Crippen LogP contribution in [0.3, 0.4) is 0 Å². The Morgan fingerprint density at radius 3 is 2.64 bits per heavy atom. The van der Waals surface area contributed by atoms with Crippen molar-refractivity contribution in [3.8, 4) is 0 Å². The Labute approximate surface area is 150 Å². The molecule has 0 amide bonds. The number of fused-ring (bicyclic) bond motifs is 5. The van der Waals surface area contributed by atoms with Crippen molar-refractivity contribution in [2.24, 2.45) is 33.7 Å². The van der Waals surface area contributed by atoms with Crippen LogP contribution in [0.25, 0.3) is 0 Å². The lowest BCUT2D eigenvalue weighted by molar-refractivity contribution is -0.148. The number of carbonyl (C=O) groups is 1. The highest BCUT2D eigenvalue weighted by atomic mass is 16.5. The Hall–Kier alpha value is -1.32. The predicted molar refractivity (Wildman–Crippen MR) is 96.5 cm³/mol. The standard InChI is InChI=1S/C21H31NO3/c1-13(23)25-15-8-10-20(2)14(12-15)4-5-16-17-6-7-19(22-24)21(17,3)11-9-18(16)20/h4,15-18,24H,5-12H2,1-3H3/b22-19+/t15-,16-,17+,18+,20+,21+/m0/s1. The van der Waals surface area contributed by atoms with Gasteiger partial charge in [-0.25, -0.2) is 0 Å². The van der Waals surface area contributed by atoms with E-state index in [0.29, 0.717) is 11.8 Å². The molecular formula is C21H31NO3. The van der Waals surface area contributed by atoms with Gasteiger partial charge < -0.3 is 9.94 Å². The average Bonchev–Trinajstić information content (AvgIpc) is 2.91. The van der Waals surface area contributed by atoms with Gasteiger partial charge in [-0.15, -0.1) is 0 Å². The number of ether oxygens (including phenoxy) is 1. The van der Waals surface area contributed by atoms with Crippen LogP contribution in [0.5, 0.6) is 0 Å². The predicted octanol–water partition coefficient (Wildman–Crippen LogP) is 4.71. The van der Waals surface area contributed by atoms with Gasteiger partial charge >= 0.3 is 5.97 Å². The van der Waals surface area contributed by atoms with Gasteiger partial charge in [0.25, 0.3) is 0 Å². The fraction of sp³-hybridized carbons (Fsp3) is 0.810. The molecular weight excluding hydrogens is 314 g/mol. The van der Waals surface area contributed by atoms with Crippen LogP contribution in [0, 0.1) is 28.6 Å². The van der Waals surface area contributed by atoms with Crippen molar-refractivity contribution in [2.45, 2.75) is 78.2 Å². The summed E-state index contributed by atoms with van der Waals surface area (Å²) in [5.74, 6) is 1.93. The number of oxime groups is 1. The molecule has 6 atom stereocenters. The Kier molecular flexibility index (Phi) is 4.01. The minimum Gasteiger partial charge on any atom is -0.462 e. The maximum atomic E-state index is 11.3. The smallest absolute Gasteiger partial charge is 0.302 e. The van der Waals surface area contributed by atoms with E-state index in [-0.39, 0.29) is 22.9 Å². The summed E-state index contributed by atoms with van der Waals surface area (Å²) in [4.78, 5) is 11.3. The van der Waals surface area contributed by atoms with Crippen molar-refractivity contribution in [1.29, 1.82) is 0 Å². The number of hydrogen-bond acceptors (Lipinski definition) is 4. The zero-order valence-corrected chi connectivity index (χ0v) is 15.8. The molecule has 1 N–H and O–H groups in total. The first-order chi connectivity index (χ1) is 11.9. The first-order valence-corrected chi connectivity index (χ1v) is 9.96. The van der Waals surface area contributed by atoms with Crippen LogP contribution in [0.1, 0.15) is 72.1 Å². The largest absolute Gasteiger partial charge is 0.462 e. The van der Waals surface area contributed by atoms with Crippen molar-refractivity contribution < 1.29 is 14.7 Å². The summed E-state index contributed by atoms with van der Waals surface area (Å²) in [5.41, 5.74) is 2.94. The summed E-state index contributed by atoms with van der Waals surface area (Å²) in [6.45, 7) is 6.30. The molecule has 25 heavy (non-hydrogen) atoms. The van der Waals surface area contributed by atoms with Crippen molar-refractivity contribution in [1.82, 2.24) is 0 Å². The molecule has 4 heteroatoms. The normalized spacial score (nSPS) is 47.5. The second-order valence-corrected chi connectivity index (χ2v) is 9.28. The molecule has 0 spiro atoms. The SMILES string of the molecule is CC(=O)O[C@H]1CC[C@]2(C)C(=CC[C@H]3[C@H]4CC/C(=N\O)[C@]4(C)CC[C@H]32)C1. The summed E-state index contributed by atoms with van der Waals surface area (Å²) in [6, 6.07) is 0. The van der Waals surface area contributed by atoms with E-state index >= 15 is 0 Å². The number of nitrogens with zero attached hydrogens (tertiary/aromatic N) is 1. The molecule has 0 unspecified atom stereocenters. The minimum atomic E-state index is -0.155. The van der Waals surface area contributed by atoms with Crippen LogP contribution in [-0.4, -0.2) is 23.0 Å². The van der Waals surface area contributed by atoms with E-state index < -0.39 is 0 Å². The molecule has 3 saturated carbocycles. The molecule has 4 aliphatic rings. The van der Waals surface area contributed by atoms with Crippen LogP contribution < -0.4 is 0 Å². The molecule has 4 nitrogen and oxygen atoms in total. The van der Waals surface area contributed by atoms with Gasteiger partial charge in [0.2, 0.25) is 0 Å². The quantitative estimate of drug-likeness (QED) is 0.324.